The summed E-state index contributed by atoms with van der Waals surface area (Å²) in [5.74, 6) is 0. The van der Waals surface area contributed by atoms with Crippen LogP contribution in [-0.2, 0) is 23.1 Å². The molecule has 0 atom stereocenters. The first kappa shape index (κ1) is 15.9. The molecule has 21 heavy (non-hydrogen) atoms. The molecule has 0 fully saturated rings. The van der Waals surface area contributed by atoms with Crippen molar-refractivity contribution < 1.29 is 8.42 Å². The van der Waals surface area contributed by atoms with Crippen LogP contribution in [0.4, 0.5) is 0 Å². The molecule has 0 aliphatic rings. The highest BCUT2D eigenvalue weighted by Crippen LogP contribution is 2.20. The second-order valence-corrected chi connectivity index (χ2v) is 6.64. The number of aromatic nitrogens is 1. The van der Waals surface area contributed by atoms with Crippen molar-refractivity contribution in [3.8, 4) is 0 Å². The summed E-state index contributed by atoms with van der Waals surface area (Å²) in [5, 5.41) is 3.49. The third-order valence-corrected chi connectivity index (χ3v) is 4.68. The van der Waals surface area contributed by atoms with E-state index in [-0.39, 0.29) is 11.4 Å². The second-order valence-electron chi connectivity index (χ2n) is 4.46. The third-order valence-electron chi connectivity index (χ3n) is 2.91. The van der Waals surface area contributed by atoms with Crippen molar-refractivity contribution in [3.63, 3.8) is 0 Å². The minimum atomic E-state index is -3.57. The number of nitrogens with zero attached hydrogens (tertiary/aromatic N) is 1. The first-order valence-corrected chi connectivity index (χ1v) is 8.20. The van der Waals surface area contributed by atoms with Crippen LogP contribution in [0.1, 0.15) is 11.1 Å². The molecule has 0 saturated heterocycles. The van der Waals surface area contributed by atoms with Gasteiger partial charge in [0.15, 0.2) is 0 Å². The van der Waals surface area contributed by atoms with Gasteiger partial charge in [-0.1, -0.05) is 11.6 Å². The van der Waals surface area contributed by atoms with Gasteiger partial charge >= 0.3 is 0 Å². The van der Waals surface area contributed by atoms with E-state index in [1.807, 2.05) is 0 Å². The maximum Gasteiger partial charge on any atom is 0.240 e. The fraction of sp³-hybridized carbons (Fsp3) is 0.214. The summed E-state index contributed by atoms with van der Waals surface area (Å²) in [5.41, 5.74) is 1.59. The van der Waals surface area contributed by atoms with Gasteiger partial charge in [-0.05, 0) is 48.5 Å². The van der Waals surface area contributed by atoms with Gasteiger partial charge in [0, 0.05) is 30.5 Å². The minimum Gasteiger partial charge on any atom is -0.316 e. The predicted molar refractivity (Wildman–Crippen MR) is 82.5 cm³/mol. The quantitative estimate of drug-likeness (QED) is 0.851. The van der Waals surface area contributed by atoms with E-state index in [9.17, 15) is 8.42 Å². The van der Waals surface area contributed by atoms with E-state index < -0.39 is 10.0 Å². The van der Waals surface area contributed by atoms with Gasteiger partial charge in [0.25, 0.3) is 0 Å². The van der Waals surface area contributed by atoms with Crippen molar-refractivity contribution in [1.29, 1.82) is 0 Å². The van der Waals surface area contributed by atoms with Crippen molar-refractivity contribution in [2.75, 3.05) is 7.05 Å². The highest BCUT2D eigenvalue weighted by Gasteiger charge is 2.15. The van der Waals surface area contributed by atoms with E-state index in [0.29, 0.717) is 11.6 Å². The standard InChI is InChI=1S/C14H16ClN3O2S/c1-16-10-12-8-13(2-3-14(12)15)21(19,20)18-9-11-4-6-17-7-5-11/h2-8,16,18H,9-10H2,1H3. The average molecular weight is 326 g/mol. The molecule has 0 saturated carbocycles. The van der Waals surface area contributed by atoms with Crippen molar-refractivity contribution >= 4 is 21.6 Å². The number of sulfonamides is 1. The van der Waals surface area contributed by atoms with E-state index in [0.717, 1.165) is 11.1 Å². The topological polar surface area (TPSA) is 71.1 Å². The number of rotatable bonds is 6. The summed E-state index contributed by atoms with van der Waals surface area (Å²) in [6.45, 7) is 0.724. The maximum absolute atomic E-state index is 12.3. The van der Waals surface area contributed by atoms with Crippen LogP contribution in [0.25, 0.3) is 0 Å². The Hall–Kier alpha value is -1.47. The molecule has 2 aromatic rings. The molecule has 0 aliphatic carbocycles. The maximum atomic E-state index is 12.3. The highest BCUT2D eigenvalue weighted by atomic mass is 35.5. The van der Waals surface area contributed by atoms with Crippen LogP contribution < -0.4 is 10.0 Å². The molecule has 0 radical (unpaired) electrons. The Bertz CT molecular complexity index is 705. The Labute approximate surface area is 129 Å². The fourth-order valence-corrected chi connectivity index (χ4v) is 3.06. The van der Waals surface area contributed by atoms with E-state index in [2.05, 4.69) is 15.0 Å². The Morgan fingerprint density at radius 2 is 1.86 bits per heavy atom. The smallest absolute Gasteiger partial charge is 0.240 e. The van der Waals surface area contributed by atoms with Gasteiger partial charge in [-0.2, -0.15) is 0 Å². The molecular weight excluding hydrogens is 310 g/mol. The van der Waals surface area contributed by atoms with Crippen LogP contribution >= 0.6 is 11.6 Å². The fourth-order valence-electron chi connectivity index (χ4n) is 1.81. The molecule has 112 valence electrons. The van der Waals surface area contributed by atoms with Crippen LogP contribution in [0.3, 0.4) is 0 Å². The zero-order valence-corrected chi connectivity index (χ0v) is 13.1. The molecule has 0 aliphatic heterocycles. The Balaban J connectivity index is 2.17. The molecule has 1 heterocycles. The Morgan fingerprint density at radius 1 is 1.14 bits per heavy atom. The first-order valence-electron chi connectivity index (χ1n) is 6.34. The second kappa shape index (κ2) is 7.00. The number of benzene rings is 1. The van der Waals surface area contributed by atoms with Crippen molar-refractivity contribution in [1.82, 2.24) is 15.0 Å². The molecular formula is C14H16ClN3O2S. The molecule has 0 amide bonds. The largest absolute Gasteiger partial charge is 0.316 e. The molecule has 2 rings (SSSR count). The molecule has 1 aromatic carbocycles. The molecule has 0 unspecified atom stereocenters. The van der Waals surface area contributed by atoms with Crippen molar-refractivity contribution in [3.05, 3.63) is 58.9 Å². The zero-order chi connectivity index (χ0) is 15.3. The summed E-state index contributed by atoms with van der Waals surface area (Å²) in [7, 11) is -1.80. The van der Waals surface area contributed by atoms with E-state index in [1.54, 1.807) is 43.7 Å². The number of nitrogens with one attached hydrogen (secondary N) is 2. The molecule has 1 aromatic heterocycles. The molecule has 2 N–H and O–H groups in total. The van der Waals surface area contributed by atoms with Gasteiger partial charge in [-0.25, -0.2) is 13.1 Å². The lowest BCUT2D eigenvalue weighted by Crippen LogP contribution is -2.23. The summed E-state index contributed by atoms with van der Waals surface area (Å²) >= 11 is 6.04. The van der Waals surface area contributed by atoms with Crippen LogP contribution in [0.5, 0.6) is 0 Å². The van der Waals surface area contributed by atoms with Gasteiger partial charge in [0.05, 0.1) is 4.90 Å². The van der Waals surface area contributed by atoms with Gasteiger partial charge in [0.2, 0.25) is 10.0 Å². The van der Waals surface area contributed by atoms with Gasteiger partial charge in [-0.3, -0.25) is 4.98 Å². The SMILES string of the molecule is CNCc1cc(S(=O)(=O)NCc2ccncc2)ccc1Cl. The van der Waals surface area contributed by atoms with E-state index in [4.69, 9.17) is 11.6 Å². The number of hydrogen-bond donors (Lipinski definition) is 2. The Kier molecular flexibility index (Phi) is 5.30. The van der Waals surface area contributed by atoms with Gasteiger partial charge in [0.1, 0.15) is 0 Å². The molecule has 0 bridgehead atoms. The number of hydrogen-bond acceptors (Lipinski definition) is 4. The van der Waals surface area contributed by atoms with E-state index >= 15 is 0 Å². The zero-order valence-electron chi connectivity index (χ0n) is 11.5. The summed E-state index contributed by atoms with van der Waals surface area (Å²) in [4.78, 5) is 4.09. The lowest BCUT2D eigenvalue weighted by molar-refractivity contribution is 0.581. The van der Waals surface area contributed by atoms with Crippen molar-refractivity contribution in [2.24, 2.45) is 0 Å². The van der Waals surface area contributed by atoms with Gasteiger partial charge in [-0.15, -0.1) is 0 Å². The normalized spacial score (nSPS) is 11.5. The van der Waals surface area contributed by atoms with E-state index in [1.165, 1.54) is 6.07 Å². The third kappa shape index (κ3) is 4.25. The highest BCUT2D eigenvalue weighted by molar-refractivity contribution is 7.89. The molecule has 5 nitrogen and oxygen atoms in total. The van der Waals surface area contributed by atoms with Crippen molar-refractivity contribution in [2.45, 2.75) is 18.0 Å². The number of halogens is 1. The van der Waals surface area contributed by atoms with Crippen LogP contribution in [-0.4, -0.2) is 20.4 Å². The summed E-state index contributed by atoms with van der Waals surface area (Å²) in [6.07, 6.45) is 3.24. The summed E-state index contributed by atoms with van der Waals surface area (Å²) in [6, 6.07) is 8.19. The van der Waals surface area contributed by atoms with Crippen LogP contribution in [0, 0.1) is 0 Å². The van der Waals surface area contributed by atoms with Gasteiger partial charge < -0.3 is 5.32 Å². The predicted octanol–water partition coefficient (Wildman–Crippen LogP) is 1.93. The first-order chi connectivity index (χ1) is 10.0. The Morgan fingerprint density at radius 3 is 2.52 bits per heavy atom. The lowest BCUT2D eigenvalue weighted by atomic mass is 10.2. The van der Waals surface area contributed by atoms with Crippen LogP contribution in [0.15, 0.2) is 47.6 Å². The monoisotopic (exact) mass is 325 g/mol. The van der Waals surface area contributed by atoms with Crippen LogP contribution in [0.2, 0.25) is 5.02 Å². The molecule has 0 spiro atoms. The lowest BCUT2D eigenvalue weighted by Gasteiger charge is -2.10. The molecule has 7 heteroatoms. The minimum absolute atomic E-state index is 0.200. The number of pyridine rings is 1. The average Bonchev–Trinajstić information content (AvgIpc) is 2.49. The summed E-state index contributed by atoms with van der Waals surface area (Å²) < 4.78 is 27.1.